The van der Waals surface area contributed by atoms with Crippen LogP contribution in [0.2, 0.25) is 5.02 Å². The van der Waals surface area contributed by atoms with Gasteiger partial charge in [0.25, 0.3) is 5.56 Å². The smallest absolute Gasteiger partial charge is 0.261 e. The number of rotatable bonds is 5. The number of hydrogen-bond donors (Lipinski definition) is 0. The topological polar surface area (TPSA) is 44.1 Å². The van der Waals surface area contributed by atoms with Crippen molar-refractivity contribution in [2.45, 2.75) is 24.7 Å². The third-order valence-corrected chi connectivity index (χ3v) is 5.53. The van der Waals surface area contributed by atoms with Crippen LogP contribution in [0.5, 0.6) is 5.88 Å². The summed E-state index contributed by atoms with van der Waals surface area (Å²) in [7, 11) is 0. The summed E-state index contributed by atoms with van der Waals surface area (Å²) in [6.07, 6.45) is 0.340. The lowest BCUT2D eigenvalue weighted by atomic mass is 10.1. The van der Waals surface area contributed by atoms with Crippen LogP contribution in [0, 0.1) is 5.82 Å². The molecule has 2 aromatic carbocycles. The molecule has 0 spiro atoms. The van der Waals surface area contributed by atoms with Crippen molar-refractivity contribution in [3.63, 3.8) is 0 Å². The van der Waals surface area contributed by atoms with Gasteiger partial charge in [0, 0.05) is 23.7 Å². The Morgan fingerprint density at radius 3 is 2.56 bits per heavy atom. The monoisotopic (exact) mass is 402 g/mol. The van der Waals surface area contributed by atoms with Gasteiger partial charge in [-0.15, -0.1) is 0 Å². The van der Waals surface area contributed by atoms with Gasteiger partial charge in [0.05, 0.1) is 5.56 Å². The van der Waals surface area contributed by atoms with E-state index in [1.165, 1.54) is 12.1 Å². The summed E-state index contributed by atoms with van der Waals surface area (Å²) >= 11 is 7.46. The summed E-state index contributed by atoms with van der Waals surface area (Å²) in [5, 5.41) is 1.33. The molecule has 0 aliphatic carbocycles. The average molecular weight is 403 g/mol. The lowest BCUT2D eigenvalue weighted by Crippen LogP contribution is -2.25. The minimum Gasteiger partial charge on any atom is -0.472 e. The van der Waals surface area contributed by atoms with Crippen LogP contribution in [0.4, 0.5) is 4.39 Å². The predicted octanol–water partition coefficient (Wildman–Crippen LogP) is 4.31. The van der Waals surface area contributed by atoms with Gasteiger partial charge in [-0.3, -0.25) is 9.36 Å². The molecule has 4 rings (SSSR count). The number of hydrogen-bond acceptors (Lipinski definition) is 4. The molecule has 4 nitrogen and oxygen atoms in total. The van der Waals surface area contributed by atoms with Crippen molar-refractivity contribution in [2.24, 2.45) is 0 Å². The Bertz CT molecular complexity index is 1020. The Balaban J connectivity index is 1.66. The molecule has 0 radical (unpaired) electrons. The van der Waals surface area contributed by atoms with Crippen LogP contribution in [0.15, 0.2) is 58.5 Å². The van der Waals surface area contributed by atoms with E-state index in [0.29, 0.717) is 34.6 Å². The summed E-state index contributed by atoms with van der Waals surface area (Å²) < 4.78 is 20.8. The van der Waals surface area contributed by atoms with Crippen LogP contribution < -0.4 is 10.3 Å². The molecule has 0 saturated heterocycles. The number of ether oxygens (including phenoxy) is 1. The molecule has 1 aromatic heterocycles. The third-order valence-electron chi connectivity index (χ3n) is 4.32. The fourth-order valence-electron chi connectivity index (χ4n) is 2.90. The first kappa shape index (κ1) is 18.1. The Morgan fingerprint density at radius 2 is 1.81 bits per heavy atom. The molecule has 0 amide bonds. The summed E-state index contributed by atoms with van der Waals surface area (Å²) in [5.74, 6) is 0.844. The lowest BCUT2D eigenvalue weighted by molar-refractivity contribution is 0.284. The van der Waals surface area contributed by atoms with Crippen LogP contribution in [0.3, 0.4) is 0 Å². The maximum Gasteiger partial charge on any atom is 0.261 e. The highest BCUT2D eigenvalue weighted by Crippen LogP contribution is 2.27. The summed E-state index contributed by atoms with van der Waals surface area (Å²) in [6.45, 7) is 0.924. The van der Waals surface area contributed by atoms with E-state index in [0.717, 1.165) is 16.9 Å². The fraction of sp³-hybridized carbons (Fsp3) is 0.200. The van der Waals surface area contributed by atoms with Gasteiger partial charge in [-0.05, 0) is 35.4 Å². The molecule has 3 aromatic rings. The third kappa shape index (κ3) is 4.01. The highest BCUT2D eigenvalue weighted by atomic mass is 35.5. The Kier molecular flexibility index (Phi) is 5.18. The zero-order valence-electron chi connectivity index (χ0n) is 14.3. The van der Waals surface area contributed by atoms with E-state index in [9.17, 15) is 9.18 Å². The maximum absolute atomic E-state index is 13.2. The van der Waals surface area contributed by atoms with Crippen molar-refractivity contribution in [3.8, 4) is 5.88 Å². The maximum atomic E-state index is 13.2. The van der Waals surface area contributed by atoms with Crippen molar-refractivity contribution in [3.05, 3.63) is 86.4 Å². The Morgan fingerprint density at radius 1 is 1.11 bits per heavy atom. The molecule has 0 bridgehead atoms. The minimum atomic E-state index is -0.307. The molecular weight excluding hydrogens is 387 g/mol. The van der Waals surface area contributed by atoms with E-state index in [2.05, 4.69) is 4.98 Å². The van der Waals surface area contributed by atoms with Gasteiger partial charge in [-0.2, -0.15) is 4.98 Å². The van der Waals surface area contributed by atoms with Gasteiger partial charge in [-0.25, -0.2) is 4.39 Å². The molecule has 0 N–H and O–H groups in total. The van der Waals surface area contributed by atoms with Crippen molar-refractivity contribution in [1.82, 2.24) is 9.55 Å². The normalized spacial score (nSPS) is 12.8. The van der Waals surface area contributed by atoms with Gasteiger partial charge in [0.1, 0.15) is 12.4 Å². The van der Waals surface area contributed by atoms with E-state index in [1.54, 1.807) is 40.6 Å². The zero-order valence-corrected chi connectivity index (χ0v) is 15.9. The number of halogens is 2. The molecule has 0 fully saturated rings. The Hall–Kier alpha value is -2.31. The molecule has 1 aliphatic rings. The standard InChI is InChI=1S/C20H16ClFN2O2S/c21-15-5-1-14(2-6-15)12-26-18-17(11-13-3-7-16(22)8-4-13)19(25)24-9-10-27-20(24)23-18/h1-8H,9-12H2. The second kappa shape index (κ2) is 7.74. The number of benzene rings is 2. The van der Waals surface area contributed by atoms with Gasteiger partial charge in [0.2, 0.25) is 5.88 Å². The Labute approximate surface area is 165 Å². The van der Waals surface area contributed by atoms with E-state index < -0.39 is 0 Å². The van der Waals surface area contributed by atoms with E-state index in [1.807, 2.05) is 12.1 Å². The van der Waals surface area contributed by atoms with Crippen molar-refractivity contribution >= 4 is 23.4 Å². The number of thioether (sulfide) groups is 1. The molecule has 0 saturated carbocycles. The molecule has 7 heteroatoms. The number of aromatic nitrogens is 2. The van der Waals surface area contributed by atoms with Gasteiger partial charge in [-0.1, -0.05) is 47.6 Å². The van der Waals surface area contributed by atoms with Crippen LogP contribution in [0.1, 0.15) is 16.7 Å². The first-order valence-corrected chi connectivity index (χ1v) is 9.85. The van der Waals surface area contributed by atoms with E-state index in [-0.39, 0.29) is 18.0 Å². The molecule has 0 atom stereocenters. The molecule has 27 heavy (non-hydrogen) atoms. The van der Waals surface area contributed by atoms with Crippen molar-refractivity contribution in [2.75, 3.05) is 5.75 Å². The predicted molar refractivity (Wildman–Crippen MR) is 104 cm³/mol. The van der Waals surface area contributed by atoms with Crippen LogP contribution in [0.25, 0.3) is 0 Å². The van der Waals surface area contributed by atoms with Gasteiger partial charge < -0.3 is 4.74 Å². The zero-order chi connectivity index (χ0) is 18.8. The number of fused-ring (bicyclic) bond motifs is 1. The average Bonchev–Trinajstić information content (AvgIpc) is 3.14. The van der Waals surface area contributed by atoms with Crippen LogP contribution in [-0.2, 0) is 19.6 Å². The molecule has 138 valence electrons. The second-order valence-electron chi connectivity index (χ2n) is 6.20. The molecule has 0 unspecified atom stereocenters. The quantitative estimate of drug-likeness (QED) is 0.596. The second-order valence-corrected chi connectivity index (χ2v) is 7.70. The SMILES string of the molecule is O=c1c(Cc2ccc(F)cc2)c(OCc2ccc(Cl)cc2)nc2n1CCS2. The fourth-order valence-corrected chi connectivity index (χ4v) is 3.96. The largest absolute Gasteiger partial charge is 0.472 e. The summed E-state index contributed by atoms with van der Waals surface area (Å²) in [4.78, 5) is 17.5. The van der Waals surface area contributed by atoms with Crippen molar-refractivity contribution < 1.29 is 9.13 Å². The molecule has 1 aliphatic heterocycles. The highest BCUT2D eigenvalue weighted by Gasteiger charge is 2.22. The summed E-state index contributed by atoms with van der Waals surface area (Å²) in [5.41, 5.74) is 2.15. The minimum absolute atomic E-state index is 0.0968. The molecule has 2 heterocycles. The first-order chi connectivity index (χ1) is 13.1. The van der Waals surface area contributed by atoms with Gasteiger partial charge in [0.15, 0.2) is 5.16 Å². The first-order valence-electron chi connectivity index (χ1n) is 8.48. The van der Waals surface area contributed by atoms with E-state index in [4.69, 9.17) is 16.3 Å². The molecular formula is C20H16ClFN2O2S. The summed E-state index contributed by atoms with van der Waals surface area (Å²) in [6, 6.07) is 13.4. The van der Waals surface area contributed by atoms with Crippen LogP contribution in [-0.4, -0.2) is 15.3 Å². The lowest BCUT2D eigenvalue weighted by Gasteiger charge is -2.13. The highest BCUT2D eigenvalue weighted by molar-refractivity contribution is 7.99. The number of nitrogens with zero attached hydrogens (tertiary/aromatic N) is 2. The van der Waals surface area contributed by atoms with Crippen molar-refractivity contribution in [1.29, 1.82) is 0 Å². The van der Waals surface area contributed by atoms with Crippen LogP contribution >= 0.6 is 23.4 Å². The van der Waals surface area contributed by atoms with E-state index >= 15 is 0 Å². The van der Waals surface area contributed by atoms with Gasteiger partial charge >= 0.3 is 0 Å².